The van der Waals surface area contributed by atoms with Crippen molar-refractivity contribution in [1.29, 1.82) is 0 Å². The first-order valence-corrected chi connectivity index (χ1v) is 5.14. The average molecular weight is 242 g/mol. The van der Waals surface area contributed by atoms with Crippen LogP contribution in [-0.2, 0) is 0 Å². The summed E-state index contributed by atoms with van der Waals surface area (Å²) < 4.78 is 1.04. The molecular weight excluding hydrogens is 230 g/mol. The van der Waals surface area contributed by atoms with Crippen molar-refractivity contribution in [3.8, 4) is 0 Å². The highest BCUT2D eigenvalue weighted by Gasteiger charge is 2.17. The predicted molar refractivity (Wildman–Crippen MR) is 57.0 cm³/mol. The van der Waals surface area contributed by atoms with Gasteiger partial charge in [-0.15, -0.1) is 0 Å². The van der Waals surface area contributed by atoms with E-state index in [0.717, 1.165) is 23.4 Å². The standard InChI is InChI=1S/C9H12BrN3/c1-6-2-8(10)9(12-3-6)13-7-4-11-5-7/h2-3,7,11H,4-5H2,1H3,(H,12,13). The van der Waals surface area contributed by atoms with Crippen LogP contribution in [0.3, 0.4) is 0 Å². The Balaban J connectivity index is 2.10. The minimum atomic E-state index is 0.534. The predicted octanol–water partition coefficient (Wildman–Crippen LogP) is 1.54. The highest BCUT2D eigenvalue weighted by atomic mass is 79.9. The first-order valence-electron chi connectivity index (χ1n) is 4.35. The quantitative estimate of drug-likeness (QED) is 0.825. The van der Waals surface area contributed by atoms with E-state index in [4.69, 9.17) is 0 Å². The second-order valence-corrected chi connectivity index (χ2v) is 4.20. The maximum atomic E-state index is 4.31. The second kappa shape index (κ2) is 3.64. The van der Waals surface area contributed by atoms with Crippen molar-refractivity contribution >= 4 is 21.7 Å². The summed E-state index contributed by atoms with van der Waals surface area (Å²) in [6.45, 7) is 4.09. The molecule has 0 saturated carbocycles. The number of aromatic nitrogens is 1. The average Bonchev–Trinajstić information content (AvgIpc) is 1.99. The van der Waals surface area contributed by atoms with Crippen LogP contribution in [0.1, 0.15) is 5.56 Å². The van der Waals surface area contributed by atoms with Crippen LogP contribution < -0.4 is 10.6 Å². The van der Waals surface area contributed by atoms with Crippen molar-refractivity contribution in [3.05, 3.63) is 22.3 Å². The summed E-state index contributed by atoms with van der Waals surface area (Å²) in [7, 11) is 0. The maximum absolute atomic E-state index is 4.31. The zero-order chi connectivity index (χ0) is 9.26. The zero-order valence-electron chi connectivity index (χ0n) is 7.47. The molecule has 2 rings (SSSR count). The van der Waals surface area contributed by atoms with Gasteiger partial charge in [-0.05, 0) is 34.5 Å². The number of aryl methyl sites for hydroxylation is 1. The van der Waals surface area contributed by atoms with Crippen molar-refractivity contribution < 1.29 is 0 Å². The Morgan fingerprint density at radius 2 is 2.38 bits per heavy atom. The lowest BCUT2D eigenvalue weighted by Crippen LogP contribution is -2.51. The number of nitrogens with zero attached hydrogens (tertiary/aromatic N) is 1. The maximum Gasteiger partial charge on any atom is 0.140 e. The molecule has 1 aliphatic heterocycles. The third-order valence-electron chi connectivity index (χ3n) is 2.10. The summed E-state index contributed by atoms with van der Waals surface area (Å²) in [5, 5.41) is 6.56. The minimum absolute atomic E-state index is 0.534. The van der Waals surface area contributed by atoms with E-state index in [1.165, 1.54) is 5.56 Å². The van der Waals surface area contributed by atoms with Crippen molar-refractivity contribution in [2.75, 3.05) is 18.4 Å². The lowest BCUT2D eigenvalue weighted by atomic mass is 10.2. The molecule has 1 fully saturated rings. The molecular formula is C9H12BrN3. The number of anilines is 1. The summed E-state index contributed by atoms with van der Waals surface area (Å²) in [5.41, 5.74) is 1.17. The Kier molecular flexibility index (Phi) is 2.51. The molecule has 0 atom stereocenters. The molecule has 2 heterocycles. The molecule has 0 spiro atoms. The van der Waals surface area contributed by atoms with Crippen LogP contribution in [0.4, 0.5) is 5.82 Å². The van der Waals surface area contributed by atoms with E-state index in [0.29, 0.717) is 6.04 Å². The molecule has 70 valence electrons. The van der Waals surface area contributed by atoms with Gasteiger partial charge in [-0.3, -0.25) is 0 Å². The van der Waals surface area contributed by atoms with Crippen molar-refractivity contribution in [3.63, 3.8) is 0 Å². The number of nitrogens with one attached hydrogen (secondary N) is 2. The van der Waals surface area contributed by atoms with Crippen LogP contribution in [0.15, 0.2) is 16.7 Å². The van der Waals surface area contributed by atoms with Crippen LogP contribution in [0.25, 0.3) is 0 Å². The van der Waals surface area contributed by atoms with Crippen molar-refractivity contribution in [1.82, 2.24) is 10.3 Å². The SMILES string of the molecule is Cc1cnc(NC2CNC2)c(Br)c1. The number of hydrogen-bond donors (Lipinski definition) is 2. The molecule has 0 aliphatic carbocycles. The van der Waals surface area contributed by atoms with E-state index in [2.05, 4.69) is 37.6 Å². The van der Waals surface area contributed by atoms with Crippen LogP contribution in [0.5, 0.6) is 0 Å². The largest absolute Gasteiger partial charge is 0.364 e. The Morgan fingerprint density at radius 1 is 1.62 bits per heavy atom. The highest BCUT2D eigenvalue weighted by molar-refractivity contribution is 9.10. The second-order valence-electron chi connectivity index (χ2n) is 3.34. The van der Waals surface area contributed by atoms with Gasteiger partial charge >= 0.3 is 0 Å². The topological polar surface area (TPSA) is 37.0 Å². The number of hydrogen-bond acceptors (Lipinski definition) is 3. The lowest BCUT2D eigenvalue weighted by molar-refractivity contribution is 0.471. The fraction of sp³-hybridized carbons (Fsp3) is 0.444. The normalized spacial score (nSPS) is 16.8. The van der Waals surface area contributed by atoms with Gasteiger partial charge in [0, 0.05) is 19.3 Å². The summed E-state index contributed by atoms with van der Waals surface area (Å²) in [4.78, 5) is 4.31. The Hall–Kier alpha value is -0.610. The molecule has 1 aromatic heterocycles. The molecule has 1 aromatic rings. The van der Waals surface area contributed by atoms with Gasteiger partial charge in [-0.1, -0.05) is 0 Å². The van der Waals surface area contributed by atoms with E-state index in [9.17, 15) is 0 Å². The molecule has 13 heavy (non-hydrogen) atoms. The summed E-state index contributed by atoms with van der Waals surface area (Å²) >= 11 is 3.48. The van der Waals surface area contributed by atoms with E-state index in [-0.39, 0.29) is 0 Å². The van der Waals surface area contributed by atoms with Crippen LogP contribution in [0.2, 0.25) is 0 Å². The van der Waals surface area contributed by atoms with Gasteiger partial charge in [0.2, 0.25) is 0 Å². The van der Waals surface area contributed by atoms with E-state index in [1.54, 1.807) is 0 Å². The zero-order valence-corrected chi connectivity index (χ0v) is 9.06. The third kappa shape index (κ3) is 2.00. The Labute approximate surface area is 86.1 Å². The minimum Gasteiger partial charge on any atom is -0.364 e. The van der Waals surface area contributed by atoms with Crippen molar-refractivity contribution in [2.24, 2.45) is 0 Å². The van der Waals surface area contributed by atoms with Crippen LogP contribution in [-0.4, -0.2) is 24.1 Å². The van der Waals surface area contributed by atoms with Gasteiger partial charge in [-0.25, -0.2) is 4.98 Å². The molecule has 2 N–H and O–H groups in total. The molecule has 0 aromatic carbocycles. The molecule has 3 nitrogen and oxygen atoms in total. The van der Waals surface area contributed by atoms with E-state index in [1.807, 2.05) is 13.1 Å². The monoisotopic (exact) mass is 241 g/mol. The third-order valence-corrected chi connectivity index (χ3v) is 2.70. The first kappa shape index (κ1) is 8.97. The number of halogens is 1. The molecule has 0 unspecified atom stereocenters. The molecule has 4 heteroatoms. The fourth-order valence-electron chi connectivity index (χ4n) is 1.22. The van der Waals surface area contributed by atoms with Gasteiger partial charge in [0.05, 0.1) is 10.5 Å². The summed E-state index contributed by atoms with van der Waals surface area (Å²) in [6, 6.07) is 2.60. The van der Waals surface area contributed by atoms with Gasteiger partial charge in [0.15, 0.2) is 0 Å². The molecule has 0 bridgehead atoms. The number of pyridine rings is 1. The van der Waals surface area contributed by atoms with Gasteiger partial charge in [-0.2, -0.15) is 0 Å². The van der Waals surface area contributed by atoms with E-state index < -0.39 is 0 Å². The summed E-state index contributed by atoms with van der Waals surface area (Å²) in [6.07, 6.45) is 1.87. The van der Waals surface area contributed by atoms with E-state index >= 15 is 0 Å². The Bertz CT molecular complexity index is 310. The smallest absolute Gasteiger partial charge is 0.140 e. The molecule has 0 amide bonds. The highest BCUT2D eigenvalue weighted by Crippen LogP contribution is 2.21. The van der Waals surface area contributed by atoms with Crippen molar-refractivity contribution in [2.45, 2.75) is 13.0 Å². The fourth-order valence-corrected chi connectivity index (χ4v) is 1.80. The number of rotatable bonds is 2. The molecule has 1 aliphatic rings. The molecule has 1 saturated heterocycles. The van der Waals surface area contributed by atoms with Crippen LogP contribution >= 0.6 is 15.9 Å². The Morgan fingerprint density at radius 3 is 2.92 bits per heavy atom. The lowest BCUT2D eigenvalue weighted by Gasteiger charge is -2.28. The van der Waals surface area contributed by atoms with Crippen LogP contribution in [0, 0.1) is 6.92 Å². The summed E-state index contributed by atoms with van der Waals surface area (Å²) in [5.74, 6) is 0.942. The molecule has 0 radical (unpaired) electrons. The van der Waals surface area contributed by atoms with Gasteiger partial charge < -0.3 is 10.6 Å². The van der Waals surface area contributed by atoms with Gasteiger partial charge in [0.1, 0.15) is 5.82 Å². The first-order chi connectivity index (χ1) is 6.25. The van der Waals surface area contributed by atoms with Gasteiger partial charge in [0.25, 0.3) is 0 Å².